The van der Waals surface area contributed by atoms with Crippen LogP contribution in [0.3, 0.4) is 0 Å². The Morgan fingerprint density at radius 2 is 1.90 bits per heavy atom. The van der Waals surface area contributed by atoms with E-state index >= 15 is 0 Å². The molecule has 1 amide bonds. The monoisotopic (exact) mass is 432 g/mol. The second-order valence-corrected chi connectivity index (χ2v) is 7.55. The third kappa shape index (κ3) is 4.65. The smallest absolute Gasteiger partial charge is 0.234 e. The molecule has 0 aliphatic rings. The maximum Gasteiger partial charge on any atom is 0.234 e. The lowest BCUT2D eigenvalue weighted by atomic mass is 10.1. The molecule has 9 heteroatoms. The minimum atomic E-state index is -0.210. The van der Waals surface area contributed by atoms with Crippen LogP contribution in [0.1, 0.15) is 5.56 Å². The maximum absolute atomic E-state index is 12.5. The number of benzene rings is 2. The number of halogens is 1. The van der Waals surface area contributed by atoms with Gasteiger partial charge >= 0.3 is 0 Å². The van der Waals surface area contributed by atoms with Gasteiger partial charge in [0.25, 0.3) is 0 Å². The summed E-state index contributed by atoms with van der Waals surface area (Å²) >= 11 is 7.40. The van der Waals surface area contributed by atoms with Gasteiger partial charge in [0.2, 0.25) is 5.91 Å². The van der Waals surface area contributed by atoms with Gasteiger partial charge in [0.05, 0.1) is 30.7 Å². The number of nitrogens with zero attached hydrogens (tertiary/aromatic N) is 3. The second-order valence-electron chi connectivity index (χ2n) is 6.20. The van der Waals surface area contributed by atoms with E-state index in [0.29, 0.717) is 27.4 Å². The van der Waals surface area contributed by atoms with Gasteiger partial charge in [0.15, 0.2) is 11.0 Å². The summed E-state index contributed by atoms with van der Waals surface area (Å²) in [6, 6.07) is 11.2. The maximum atomic E-state index is 12.5. The Labute approximate surface area is 178 Å². The summed E-state index contributed by atoms with van der Waals surface area (Å²) < 4.78 is 12.4. The lowest BCUT2D eigenvalue weighted by Gasteiger charge is -2.13. The normalized spacial score (nSPS) is 10.7. The number of hydrogen-bond donors (Lipinski definition) is 1. The van der Waals surface area contributed by atoms with Crippen LogP contribution in [0.5, 0.6) is 11.5 Å². The van der Waals surface area contributed by atoms with Crippen LogP contribution in [0, 0.1) is 6.92 Å². The number of aryl methyl sites for hydroxylation is 1. The summed E-state index contributed by atoms with van der Waals surface area (Å²) in [5.41, 5.74) is 2.61. The van der Waals surface area contributed by atoms with Crippen molar-refractivity contribution in [2.75, 3.05) is 25.3 Å². The van der Waals surface area contributed by atoms with Crippen LogP contribution >= 0.6 is 23.4 Å². The van der Waals surface area contributed by atoms with E-state index in [2.05, 4.69) is 15.5 Å². The van der Waals surface area contributed by atoms with Crippen molar-refractivity contribution in [3.63, 3.8) is 0 Å². The van der Waals surface area contributed by atoms with Gasteiger partial charge in [0.1, 0.15) is 11.5 Å². The minimum absolute atomic E-state index is 0.161. The number of carbonyl (C=O) groups is 1. The molecule has 2 aromatic carbocycles. The van der Waals surface area contributed by atoms with E-state index in [9.17, 15) is 4.79 Å². The Morgan fingerprint density at radius 3 is 2.59 bits per heavy atom. The topological polar surface area (TPSA) is 78.3 Å². The van der Waals surface area contributed by atoms with Crippen molar-refractivity contribution >= 4 is 35.0 Å². The number of carbonyl (C=O) groups excluding carboxylic acids is 1. The molecule has 3 aromatic rings. The number of aromatic nitrogens is 3. The zero-order chi connectivity index (χ0) is 21.0. The molecule has 29 heavy (non-hydrogen) atoms. The summed E-state index contributed by atoms with van der Waals surface area (Å²) in [6.45, 7) is 2.03. The van der Waals surface area contributed by atoms with Crippen LogP contribution in [0.15, 0.2) is 41.6 Å². The van der Waals surface area contributed by atoms with Gasteiger partial charge in [-0.2, -0.15) is 0 Å². The highest BCUT2D eigenvalue weighted by Gasteiger charge is 2.16. The average molecular weight is 433 g/mol. The molecule has 3 rings (SSSR count). The largest absolute Gasteiger partial charge is 0.495 e. The molecule has 1 heterocycles. The van der Waals surface area contributed by atoms with Gasteiger partial charge in [-0.15, -0.1) is 10.2 Å². The number of amides is 1. The number of rotatable bonds is 7. The van der Waals surface area contributed by atoms with Crippen LogP contribution in [0.25, 0.3) is 11.4 Å². The molecule has 0 atom stereocenters. The van der Waals surface area contributed by atoms with Crippen molar-refractivity contribution in [2.45, 2.75) is 12.1 Å². The van der Waals surface area contributed by atoms with Gasteiger partial charge in [-0.25, -0.2) is 0 Å². The molecule has 152 valence electrons. The predicted octanol–water partition coefficient (Wildman–Crippen LogP) is 4.19. The summed E-state index contributed by atoms with van der Waals surface area (Å²) in [6.07, 6.45) is 0. The molecule has 7 nitrogen and oxygen atoms in total. The molecule has 1 aromatic heterocycles. The molecule has 0 unspecified atom stereocenters. The van der Waals surface area contributed by atoms with Crippen LogP contribution in [0.4, 0.5) is 5.69 Å². The number of thioether (sulfide) groups is 1. The van der Waals surface area contributed by atoms with Gasteiger partial charge in [-0.1, -0.05) is 47.6 Å². The molecule has 0 bridgehead atoms. The summed E-state index contributed by atoms with van der Waals surface area (Å²) in [5.74, 6) is 1.61. The van der Waals surface area contributed by atoms with Gasteiger partial charge in [-0.3, -0.25) is 4.79 Å². The average Bonchev–Trinajstić information content (AvgIpc) is 3.08. The molecule has 0 saturated heterocycles. The van der Waals surface area contributed by atoms with E-state index in [-0.39, 0.29) is 11.7 Å². The van der Waals surface area contributed by atoms with Crippen LogP contribution in [-0.2, 0) is 11.8 Å². The molecule has 0 aliphatic heterocycles. The van der Waals surface area contributed by atoms with Crippen LogP contribution in [-0.4, -0.2) is 40.6 Å². The van der Waals surface area contributed by atoms with Crippen molar-refractivity contribution in [3.8, 4) is 22.9 Å². The van der Waals surface area contributed by atoms with Crippen molar-refractivity contribution < 1.29 is 14.3 Å². The van der Waals surface area contributed by atoms with Gasteiger partial charge in [0, 0.05) is 24.7 Å². The number of ether oxygens (including phenoxy) is 2. The van der Waals surface area contributed by atoms with Crippen molar-refractivity contribution in [1.29, 1.82) is 0 Å². The van der Waals surface area contributed by atoms with E-state index in [1.54, 1.807) is 12.1 Å². The highest BCUT2D eigenvalue weighted by atomic mass is 35.5. The quantitative estimate of drug-likeness (QED) is 0.564. The van der Waals surface area contributed by atoms with Crippen LogP contribution < -0.4 is 14.8 Å². The highest BCUT2D eigenvalue weighted by molar-refractivity contribution is 7.99. The van der Waals surface area contributed by atoms with E-state index in [1.807, 2.05) is 42.8 Å². The summed E-state index contributed by atoms with van der Waals surface area (Å²) in [5, 5.41) is 12.4. The van der Waals surface area contributed by atoms with E-state index in [4.69, 9.17) is 21.1 Å². The second kappa shape index (κ2) is 9.19. The fourth-order valence-corrected chi connectivity index (χ4v) is 3.72. The van der Waals surface area contributed by atoms with E-state index < -0.39 is 0 Å². The van der Waals surface area contributed by atoms with E-state index in [1.165, 1.54) is 26.0 Å². The van der Waals surface area contributed by atoms with Crippen molar-refractivity contribution in [3.05, 3.63) is 47.0 Å². The summed E-state index contributed by atoms with van der Waals surface area (Å²) in [7, 11) is 4.90. The number of methoxy groups -OCH3 is 2. The first-order valence-corrected chi connectivity index (χ1v) is 10.1. The van der Waals surface area contributed by atoms with Crippen molar-refractivity contribution in [2.24, 2.45) is 7.05 Å². The van der Waals surface area contributed by atoms with E-state index in [0.717, 1.165) is 17.0 Å². The third-order valence-corrected chi connectivity index (χ3v) is 5.62. The first-order chi connectivity index (χ1) is 13.9. The third-order valence-electron chi connectivity index (χ3n) is 4.30. The molecular weight excluding hydrogens is 412 g/mol. The molecule has 0 spiro atoms. The molecule has 1 N–H and O–H groups in total. The molecule has 0 fully saturated rings. The predicted molar refractivity (Wildman–Crippen MR) is 115 cm³/mol. The minimum Gasteiger partial charge on any atom is -0.495 e. The lowest BCUT2D eigenvalue weighted by Crippen LogP contribution is -2.15. The SMILES string of the molecule is COc1cc(NC(=O)CSc2nnc(-c3ccccc3C)n2C)c(OC)cc1Cl. The molecule has 0 saturated carbocycles. The number of hydrogen-bond acceptors (Lipinski definition) is 6. The van der Waals surface area contributed by atoms with Crippen LogP contribution in [0.2, 0.25) is 5.02 Å². The fourth-order valence-electron chi connectivity index (χ4n) is 2.77. The zero-order valence-corrected chi connectivity index (χ0v) is 18.1. The number of anilines is 1. The standard InChI is InChI=1S/C20H21ClN4O3S/c1-12-7-5-6-8-13(12)19-23-24-20(25(19)2)29-11-18(26)22-15-10-16(27-3)14(21)9-17(15)28-4/h5-10H,11H2,1-4H3,(H,22,26). The lowest BCUT2D eigenvalue weighted by molar-refractivity contribution is -0.113. The Balaban J connectivity index is 1.70. The zero-order valence-electron chi connectivity index (χ0n) is 16.5. The fraction of sp³-hybridized carbons (Fsp3) is 0.250. The Kier molecular flexibility index (Phi) is 6.66. The molecular formula is C20H21ClN4O3S. The first-order valence-electron chi connectivity index (χ1n) is 8.74. The first kappa shape index (κ1) is 21.0. The number of nitrogens with one attached hydrogen (secondary N) is 1. The van der Waals surface area contributed by atoms with Gasteiger partial charge in [-0.05, 0) is 12.5 Å². The highest BCUT2D eigenvalue weighted by Crippen LogP contribution is 2.36. The molecule has 0 aliphatic carbocycles. The molecule has 0 radical (unpaired) electrons. The van der Waals surface area contributed by atoms with Gasteiger partial charge < -0.3 is 19.4 Å². The Bertz CT molecular complexity index is 1040. The van der Waals surface area contributed by atoms with Crippen molar-refractivity contribution in [1.82, 2.24) is 14.8 Å². The summed E-state index contributed by atoms with van der Waals surface area (Å²) in [4.78, 5) is 12.5. The Hall–Kier alpha value is -2.71. The Morgan fingerprint density at radius 1 is 1.17 bits per heavy atom.